The first-order chi connectivity index (χ1) is 10.8. The van der Waals surface area contributed by atoms with E-state index in [2.05, 4.69) is 72.1 Å². The van der Waals surface area contributed by atoms with Crippen LogP contribution in [0.15, 0.2) is 24.3 Å². The molecule has 1 N–H and O–H groups in total. The Morgan fingerprint density at radius 1 is 0.913 bits per heavy atom. The fourth-order valence-corrected chi connectivity index (χ4v) is 9.07. The summed E-state index contributed by atoms with van der Waals surface area (Å²) >= 11 is 0. The Kier molecular flexibility index (Phi) is 7.57. The smallest absolute Gasteiger partial charge is 0.146 e. The summed E-state index contributed by atoms with van der Waals surface area (Å²) in [7, 11) is -1.67. The average molecular weight is 331 g/mol. The zero-order valence-corrected chi connectivity index (χ0v) is 17.0. The maximum absolute atomic E-state index is 10.1. The van der Waals surface area contributed by atoms with Gasteiger partial charge in [0.05, 0.1) is 6.10 Å². The van der Waals surface area contributed by atoms with E-state index in [9.17, 15) is 5.11 Å². The second-order valence-electron chi connectivity index (χ2n) is 7.57. The van der Waals surface area contributed by atoms with E-state index in [1.165, 1.54) is 0 Å². The highest BCUT2D eigenvalue weighted by molar-refractivity contribution is 6.90. The molecule has 2 heteroatoms. The third-order valence-electron chi connectivity index (χ3n) is 5.15. The molecule has 0 unspecified atom stereocenters. The van der Waals surface area contributed by atoms with Crippen molar-refractivity contribution < 1.29 is 5.11 Å². The van der Waals surface area contributed by atoms with E-state index in [1.807, 2.05) is 12.1 Å². The molecule has 1 rings (SSSR count). The fraction of sp³-hybridized carbons (Fsp3) is 0.619. The molecule has 0 aliphatic heterocycles. The van der Waals surface area contributed by atoms with Crippen molar-refractivity contribution in [2.45, 2.75) is 84.0 Å². The summed E-state index contributed by atoms with van der Waals surface area (Å²) < 4.78 is 0. The molecule has 0 aliphatic rings. The molecule has 0 spiro atoms. The van der Waals surface area contributed by atoms with Crippen molar-refractivity contribution in [3.05, 3.63) is 35.4 Å². The van der Waals surface area contributed by atoms with Crippen LogP contribution >= 0.6 is 0 Å². The Hall–Kier alpha value is -1.04. The number of hydrogen-bond donors (Lipinski definition) is 1. The molecule has 0 bridgehead atoms. The van der Waals surface area contributed by atoms with Crippen molar-refractivity contribution in [2.24, 2.45) is 0 Å². The lowest BCUT2D eigenvalue weighted by atomic mass is 10.0. The molecular weight excluding hydrogens is 296 g/mol. The summed E-state index contributed by atoms with van der Waals surface area (Å²) in [5.74, 6) is 3.46. The van der Waals surface area contributed by atoms with Crippen LogP contribution < -0.4 is 0 Å². The monoisotopic (exact) mass is 330 g/mol. The summed E-state index contributed by atoms with van der Waals surface area (Å²) in [6.07, 6.45) is 1.46. The van der Waals surface area contributed by atoms with Crippen LogP contribution in [0.1, 0.15) is 78.5 Å². The fourth-order valence-electron chi connectivity index (χ4n) is 3.84. The summed E-state index contributed by atoms with van der Waals surface area (Å²) in [5, 5.41) is 10.1. The molecule has 1 aromatic carbocycles. The van der Waals surface area contributed by atoms with Crippen molar-refractivity contribution in [2.75, 3.05) is 0 Å². The minimum atomic E-state index is -1.67. The van der Waals surface area contributed by atoms with Gasteiger partial charge < -0.3 is 5.11 Å². The first kappa shape index (κ1) is 20.0. The molecule has 0 aromatic heterocycles. The zero-order chi connectivity index (χ0) is 17.6. The summed E-state index contributed by atoms with van der Waals surface area (Å²) in [4.78, 5) is 0. The van der Waals surface area contributed by atoms with E-state index in [4.69, 9.17) is 0 Å². The van der Waals surface area contributed by atoms with Crippen LogP contribution in [0.5, 0.6) is 0 Å². The molecule has 0 saturated carbocycles. The molecular formula is C21H34OSi. The molecule has 1 atom stereocenters. The number of aliphatic hydroxyl groups excluding tert-OH is 1. The van der Waals surface area contributed by atoms with Gasteiger partial charge in [-0.2, -0.15) is 0 Å². The van der Waals surface area contributed by atoms with Crippen LogP contribution in [0.2, 0.25) is 16.6 Å². The maximum Gasteiger partial charge on any atom is 0.146 e. The second-order valence-corrected chi connectivity index (χ2v) is 13.2. The van der Waals surface area contributed by atoms with Gasteiger partial charge in [-0.1, -0.05) is 72.9 Å². The first-order valence-corrected chi connectivity index (χ1v) is 11.3. The van der Waals surface area contributed by atoms with Gasteiger partial charge >= 0.3 is 0 Å². The third kappa shape index (κ3) is 4.72. The van der Waals surface area contributed by atoms with Gasteiger partial charge in [-0.15, -0.1) is 5.54 Å². The maximum atomic E-state index is 10.1. The van der Waals surface area contributed by atoms with Gasteiger partial charge in [-0.05, 0) is 40.7 Å². The highest BCUT2D eigenvalue weighted by Crippen LogP contribution is 2.40. The van der Waals surface area contributed by atoms with Gasteiger partial charge in [0, 0.05) is 5.56 Å². The number of rotatable bonds is 6. The second kappa shape index (κ2) is 8.71. The lowest BCUT2D eigenvalue weighted by molar-refractivity contribution is 0.166. The van der Waals surface area contributed by atoms with E-state index in [0.29, 0.717) is 16.6 Å². The summed E-state index contributed by atoms with van der Waals surface area (Å²) in [6.45, 7) is 16.1. The molecule has 0 heterocycles. The van der Waals surface area contributed by atoms with Crippen molar-refractivity contribution in [1.82, 2.24) is 0 Å². The third-order valence-corrected chi connectivity index (χ3v) is 11.4. The van der Waals surface area contributed by atoms with Gasteiger partial charge in [0.15, 0.2) is 0 Å². The normalized spacial score (nSPS) is 13.3. The Bertz CT molecular complexity index is 509. The molecule has 0 fully saturated rings. The van der Waals surface area contributed by atoms with Crippen LogP contribution in [-0.2, 0) is 0 Å². The average Bonchev–Trinajstić information content (AvgIpc) is 2.47. The number of benzene rings is 1. The van der Waals surface area contributed by atoms with E-state index >= 15 is 0 Å². The van der Waals surface area contributed by atoms with E-state index < -0.39 is 8.07 Å². The molecule has 1 nitrogen and oxygen atoms in total. The van der Waals surface area contributed by atoms with Crippen molar-refractivity contribution in [3.8, 4) is 11.5 Å². The van der Waals surface area contributed by atoms with Crippen molar-refractivity contribution in [3.63, 3.8) is 0 Å². The van der Waals surface area contributed by atoms with Gasteiger partial charge in [0.2, 0.25) is 0 Å². The van der Waals surface area contributed by atoms with Crippen LogP contribution in [0, 0.1) is 11.5 Å². The summed E-state index contributed by atoms with van der Waals surface area (Å²) in [5.41, 5.74) is 7.77. The first-order valence-electron chi connectivity index (χ1n) is 9.06. The van der Waals surface area contributed by atoms with Crippen LogP contribution in [0.4, 0.5) is 0 Å². The van der Waals surface area contributed by atoms with E-state index in [1.54, 1.807) is 0 Å². The van der Waals surface area contributed by atoms with Gasteiger partial charge in [0.1, 0.15) is 8.07 Å². The van der Waals surface area contributed by atoms with Crippen molar-refractivity contribution >= 4 is 8.07 Å². The van der Waals surface area contributed by atoms with Crippen LogP contribution in [0.3, 0.4) is 0 Å². The minimum Gasteiger partial charge on any atom is -0.388 e. The number of hydrogen-bond acceptors (Lipinski definition) is 1. The molecule has 0 saturated heterocycles. The topological polar surface area (TPSA) is 20.2 Å². The minimum absolute atomic E-state index is 0.350. The van der Waals surface area contributed by atoms with Crippen LogP contribution in [0.25, 0.3) is 0 Å². The standard InChI is InChI=1S/C21H34OSi/c1-8-9-21(22)20-12-10-19(11-13-20)14-15-23(16(2)3,17(4)5)18(6)7/h10-13,16-18,21-22H,8-9H2,1-7H3/t21-/m1/s1. The molecule has 23 heavy (non-hydrogen) atoms. The van der Waals surface area contributed by atoms with E-state index in [-0.39, 0.29) is 6.10 Å². The van der Waals surface area contributed by atoms with Crippen molar-refractivity contribution in [1.29, 1.82) is 0 Å². The SMILES string of the molecule is CCC[C@@H](O)c1ccc(C#C[Si](C(C)C)(C(C)C)C(C)C)cc1. The number of aliphatic hydroxyl groups is 1. The Morgan fingerprint density at radius 3 is 1.78 bits per heavy atom. The van der Waals surface area contributed by atoms with E-state index in [0.717, 1.165) is 24.0 Å². The molecule has 0 aliphatic carbocycles. The molecule has 1 aromatic rings. The highest BCUT2D eigenvalue weighted by Gasteiger charge is 2.41. The largest absolute Gasteiger partial charge is 0.388 e. The van der Waals surface area contributed by atoms with Gasteiger partial charge in [0.25, 0.3) is 0 Å². The predicted molar refractivity (Wildman–Crippen MR) is 104 cm³/mol. The van der Waals surface area contributed by atoms with Crippen LogP contribution in [-0.4, -0.2) is 13.2 Å². The Balaban J connectivity index is 3.08. The van der Waals surface area contributed by atoms with Gasteiger partial charge in [-0.3, -0.25) is 0 Å². The van der Waals surface area contributed by atoms with Gasteiger partial charge in [-0.25, -0.2) is 0 Å². The lowest BCUT2D eigenvalue weighted by Crippen LogP contribution is -2.43. The lowest BCUT2D eigenvalue weighted by Gasteiger charge is -2.38. The predicted octanol–water partition coefficient (Wildman–Crippen LogP) is 6.09. The molecule has 0 amide bonds. The Labute approximate surface area is 144 Å². The Morgan fingerprint density at radius 2 is 1.39 bits per heavy atom. The zero-order valence-electron chi connectivity index (χ0n) is 16.0. The highest BCUT2D eigenvalue weighted by atomic mass is 28.3. The molecule has 128 valence electrons. The molecule has 0 radical (unpaired) electrons. The quantitative estimate of drug-likeness (QED) is 0.494. The summed E-state index contributed by atoms with van der Waals surface area (Å²) in [6, 6.07) is 8.16.